The van der Waals surface area contributed by atoms with Gasteiger partial charge < -0.3 is 10.2 Å². The summed E-state index contributed by atoms with van der Waals surface area (Å²) in [5.41, 5.74) is 1.62. The van der Waals surface area contributed by atoms with Crippen LogP contribution in [0.3, 0.4) is 0 Å². The van der Waals surface area contributed by atoms with Gasteiger partial charge >= 0.3 is 0 Å². The number of anilines is 1. The number of nitrogens with one attached hydrogen (secondary N) is 1. The number of halogens is 1. The third-order valence-corrected chi connectivity index (χ3v) is 4.13. The van der Waals surface area contributed by atoms with Gasteiger partial charge in [0, 0.05) is 38.3 Å². The van der Waals surface area contributed by atoms with Crippen molar-refractivity contribution in [1.29, 1.82) is 0 Å². The van der Waals surface area contributed by atoms with Crippen molar-refractivity contribution in [1.82, 2.24) is 14.7 Å². The van der Waals surface area contributed by atoms with Crippen LogP contribution >= 0.6 is 0 Å². The summed E-state index contributed by atoms with van der Waals surface area (Å²) in [5.74, 6) is -1.50. The lowest BCUT2D eigenvalue weighted by atomic mass is 9.95. The van der Waals surface area contributed by atoms with Gasteiger partial charge in [-0.3, -0.25) is 14.3 Å². The van der Waals surface area contributed by atoms with Crippen LogP contribution in [0.15, 0.2) is 30.5 Å². The Balaban J connectivity index is 1.88. The Bertz CT molecular complexity index is 787. The minimum atomic E-state index is -0.620. The first kappa shape index (κ1) is 16.2. The molecule has 0 saturated carbocycles. The van der Waals surface area contributed by atoms with Crippen molar-refractivity contribution in [3.63, 3.8) is 0 Å². The Morgan fingerprint density at radius 2 is 2.12 bits per heavy atom. The predicted octanol–water partition coefficient (Wildman–Crippen LogP) is 2.03. The lowest BCUT2D eigenvalue weighted by Gasteiger charge is -2.31. The second kappa shape index (κ2) is 6.43. The molecule has 3 rings (SSSR count). The molecule has 0 saturated heterocycles. The van der Waals surface area contributed by atoms with Gasteiger partial charge in [-0.15, -0.1) is 0 Å². The zero-order valence-corrected chi connectivity index (χ0v) is 13.6. The van der Waals surface area contributed by atoms with E-state index in [0.717, 1.165) is 5.56 Å². The van der Waals surface area contributed by atoms with Crippen molar-refractivity contribution in [2.45, 2.75) is 25.8 Å². The molecule has 0 radical (unpaired) electrons. The largest absolute Gasteiger partial charge is 0.337 e. The molecule has 0 aliphatic carbocycles. The highest BCUT2D eigenvalue weighted by molar-refractivity contribution is 5.96. The summed E-state index contributed by atoms with van der Waals surface area (Å²) in [4.78, 5) is 26.4. The first-order valence-electron chi connectivity index (χ1n) is 7.85. The van der Waals surface area contributed by atoms with Gasteiger partial charge in [-0.2, -0.15) is 5.10 Å². The summed E-state index contributed by atoms with van der Waals surface area (Å²) in [7, 11) is 1.77. The maximum Gasteiger partial charge on any atom is 0.235 e. The summed E-state index contributed by atoms with van der Waals surface area (Å²) in [6.07, 6.45) is 2.19. The molecular weight excluding hydrogens is 311 g/mol. The van der Waals surface area contributed by atoms with Gasteiger partial charge in [0.1, 0.15) is 11.7 Å². The number of para-hydroxylation sites is 1. The van der Waals surface area contributed by atoms with Crippen LogP contribution in [-0.4, -0.2) is 33.0 Å². The first-order chi connectivity index (χ1) is 11.5. The Kier molecular flexibility index (Phi) is 4.33. The predicted molar refractivity (Wildman–Crippen MR) is 86.7 cm³/mol. The van der Waals surface area contributed by atoms with Gasteiger partial charge in [0.05, 0.1) is 11.4 Å². The van der Waals surface area contributed by atoms with Gasteiger partial charge in [-0.05, 0) is 12.1 Å². The zero-order valence-electron chi connectivity index (χ0n) is 13.6. The first-order valence-corrected chi connectivity index (χ1v) is 7.85. The molecule has 24 heavy (non-hydrogen) atoms. The molecule has 0 bridgehead atoms. The Morgan fingerprint density at radius 3 is 2.83 bits per heavy atom. The fourth-order valence-electron chi connectivity index (χ4n) is 2.95. The molecule has 1 unspecified atom stereocenters. The average molecular weight is 330 g/mol. The Labute approximate surface area is 139 Å². The van der Waals surface area contributed by atoms with Crippen molar-refractivity contribution in [3.8, 4) is 0 Å². The van der Waals surface area contributed by atoms with Gasteiger partial charge in [0.15, 0.2) is 0 Å². The fourth-order valence-corrected chi connectivity index (χ4v) is 2.95. The second-order valence-corrected chi connectivity index (χ2v) is 5.86. The van der Waals surface area contributed by atoms with E-state index in [1.165, 1.54) is 12.1 Å². The standard InChI is InChI=1S/C17H19FN4O2/c1-3-15(23)22-9-11-8-21(2)20-16(11)12(10-22)17(24)19-14-7-5-4-6-13(14)18/h4-8,12H,3,9-10H2,1-2H3,(H,19,24). The van der Waals surface area contributed by atoms with Crippen molar-refractivity contribution >= 4 is 17.5 Å². The molecule has 0 fully saturated rings. The quantitative estimate of drug-likeness (QED) is 0.936. The lowest BCUT2D eigenvalue weighted by molar-refractivity contribution is -0.132. The normalized spacial score (nSPS) is 16.6. The zero-order chi connectivity index (χ0) is 17.3. The fraction of sp³-hybridized carbons (Fsp3) is 0.353. The van der Waals surface area contributed by atoms with Crippen LogP contribution < -0.4 is 5.32 Å². The summed E-state index contributed by atoms with van der Waals surface area (Å²) in [6, 6.07) is 6.00. The van der Waals surface area contributed by atoms with E-state index in [9.17, 15) is 14.0 Å². The highest BCUT2D eigenvalue weighted by Gasteiger charge is 2.35. The van der Waals surface area contributed by atoms with Crippen LogP contribution in [0.25, 0.3) is 0 Å². The molecule has 1 aromatic carbocycles. The van der Waals surface area contributed by atoms with E-state index >= 15 is 0 Å². The van der Waals surface area contributed by atoms with E-state index in [0.29, 0.717) is 18.7 Å². The Hall–Kier alpha value is -2.70. The number of benzene rings is 1. The van der Waals surface area contributed by atoms with Crippen molar-refractivity contribution < 1.29 is 14.0 Å². The number of aromatic nitrogens is 2. The van der Waals surface area contributed by atoms with Gasteiger partial charge in [0.2, 0.25) is 11.8 Å². The van der Waals surface area contributed by atoms with Crippen LogP contribution in [0, 0.1) is 5.82 Å². The minimum Gasteiger partial charge on any atom is -0.337 e. The van der Waals surface area contributed by atoms with E-state index in [1.54, 1.807) is 35.7 Å². The smallest absolute Gasteiger partial charge is 0.235 e. The molecule has 1 aromatic heterocycles. The van der Waals surface area contributed by atoms with Crippen LogP contribution in [0.2, 0.25) is 0 Å². The van der Waals surface area contributed by atoms with Crippen LogP contribution in [0.4, 0.5) is 10.1 Å². The molecule has 1 aliphatic heterocycles. The maximum atomic E-state index is 13.8. The molecule has 2 aromatic rings. The summed E-state index contributed by atoms with van der Waals surface area (Å²) in [6.45, 7) is 2.48. The number of fused-ring (bicyclic) bond motifs is 1. The molecule has 6 nitrogen and oxygen atoms in total. The second-order valence-electron chi connectivity index (χ2n) is 5.86. The SMILES string of the molecule is CCC(=O)N1Cc2cn(C)nc2C(C(=O)Nc2ccccc2F)C1. The topological polar surface area (TPSA) is 67.2 Å². The van der Waals surface area contributed by atoms with E-state index in [2.05, 4.69) is 10.4 Å². The number of rotatable bonds is 3. The highest BCUT2D eigenvalue weighted by atomic mass is 19.1. The van der Waals surface area contributed by atoms with E-state index in [4.69, 9.17) is 0 Å². The van der Waals surface area contributed by atoms with Gasteiger partial charge in [-0.1, -0.05) is 19.1 Å². The minimum absolute atomic E-state index is 0.0202. The average Bonchev–Trinajstić information content (AvgIpc) is 2.95. The lowest BCUT2D eigenvalue weighted by Crippen LogP contribution is -2.41. The molecule has 0 spiro atoms. The highest BCUT2D eigenvalue weighted by Crippen LogP contribution is 2.29. The molecule has 7 heteroatoms. The molecule has 126 valence electrons. The van der Waals surface area contributed by atoms with Crippen molar-refractivity contribution in [2.24, 2.45) is 7.05 Å². The van der Waals surface area contributed by atoms with Gasteiger partial charge in [-0.25, -0.2) is 4.39 Å². The molecular formula is C17H19FN4O2. The van der Waals surface area contributed by atoms with E-state index < -0.39 is 11.7 Å². The number of amides is 2. The van der Waals surface area contributed by atoms with Crippen LogP contribution in [0.5, 0.6) is 0 Å². The van der Waals surface area contributed by atoms with Crippen molar-refractivity contribution in [2.75, 3.05) is 11.9 Å². The van der Waals surface area contributed by atoms with E-state index in [1.807, 2.05) is 6.20 Å². The van der Waals surface area contributed by atoms with Crippen molar-refractivity contribution in [3.05, 3.63) is 47.5 Å². The summed E-state index contributed by atoms with van der Waals surface area (Å²) < 4.78 is 15.4. The summed E-state index contributed by atoms with van der Waals surface area (Å²) in [5, 5.41) is 6.97. The number of aryl methyl sites for hydroxylation is 1. The van der Waals surface area contributed by atoms with Crippen LogP contribution in [0.1, 0.15) is 30.5 Å². The summed E-state index contributed by atoms with van der Waals surface area (Å²) >= 11 is 0. The van der Waals surface area contributed by atoms with Crippen LogP contribution in [-0.2, 0) is 23.2 Å². The third-order valence-electron chi connectivity index (χ3n) is 4.13. The number of carbonyl (C=O) groups excluding carboxylic acids is 2. The Morgan fingerprint density at radius 1 is 1.38 bits per heavy atom. The molecule has 1 N–H and O–H groups in total. The number of nitrogens with zero attached hydrogens (tertiary/aromatic N) is 3. The number of hydrogen-bond donors (Lipinski definition) is 1. The third kappa shape index (κ3) is 3.02. The molecule has 2 heterocycles. The molecule has 2 amide bonds. The molecule has 1 aliphatic rings. The monoisotopic (exact) mass is 330 g/mol. The number of carbonyl (C=O) groups is 2. The van der Waals surface area contributed by atoms with Gasteiger partial charge in [0.25, 0.3) is 0 Å². The number of hydrogen-bond acceptors (Lipinski definition) is 3. The maximum absolute atomic E-state index is 13.8. The molecule has 1 atom stereocenters. The van der Waals surface area contributed by atoms with E-state index in [-0.39, 0.29) is 24.0 Å².